The van der Waals surface area contributed by atoms with Crippen LogP contribution in [-0.2, 0) is 24.3 Å². The van der Waals surface area contributed by atoms with Gasteiger partial charge in [0.25, 0.3) is 5.91 Å². The number of hydrogen-bond acceptors (Lipinski definition) is 6. The van der Waals surface area contributed by atoms with Crippen LogP contribution in [0.5, 0.6) is 0 Å². The van der Waals surface area contributed by atoms with E-state index in [2.05, 4.69) is 5.32 Å². The van der Waals surface area contributed by atoms with Crippen LogP contribution in [0.15, 0.2) is 47.4 Å². The van der Waals surface area contributed by atoms with E-state index in [-0.39, 0.29) is 28.6 Å². The molecule has 0 atom stereocenters. The Morgan fingerprint density at radius 1 is 1.07 bits per heavy atom. The number of sulfonamides is 1. The number of morpholine rings is 1. The summed E-state index contributed by atoms with van der Waals surface area (Å²) in [6.45, 7) is 0.684. The van der Waals surface area contributed by atoms with Crippen LogP contribution in [-0.4, -0.2) is 57.5 Å². The van der Waals surface area contributed by atoms with Gasteiger partial charge in [-0.15, -0.1) is 0 Å². The predicted molar refractivity (Wildman–Crippen MR) is 111 cm³/mol. The minimum atomic E-state index is -3.66. The molecule has 1 heterocycles. The Morgan fingerprint density at radius 3 is 2.40 bits per heavy atom. The van der Waals surface area contributed by atoms with Crippen molar-refractivity contribution >= 4 is 50.8 Å². The number of carbonyl (C=O) groups excluding carboxylic acids is 2. The maximum absolute atomic E-state index is 12.6. The minimum absolute atomic E-state index is 0.0642. The van der Waals surface area contributed by atoms with E-state index in [1.807, 2.05) is 0 Å². The van der Waals surface area contributed by atoms with Crippen LogP contribution in [0.4, 0.5) is 5.69 Å². The number of esters is 1. The highest BCUT2D eigenvalue weighted by molar-refractivity contribution is 7.89. The molecular formula is C19H18Cl2N2O6S. The number of nitrogens with zero attached hydrogens (tertiary/aromatic N) is 1. The Kier molecular flexibility index (Phi) is 7.32. The summed E-state index contributed by atoms with van der Waals surface area (Å²) in [5, 5.41) is 3.17. The zero-order chi connectivity index (χ0) is 21.7. The van der Waals surface area contributed by atoms with Crippen molar-refractivity contribution in [1.29, 1.82) is 0 Å². The molecule has 0 saturated carbocycles. The highest BCUT2D eigenvalue weighted by Gasteiger charge is 2.26. The molecule has 2 aromatic rings. The first-order valence-corrected chi connectivity index (χ1v) is 11.1. The first-order chi connectivity index (χ1) is 14.3. The molecule has 160 valence electrons. The van der Waals surface area contributed by atoms with Gasteiger partial charge < -0.3 is 14.8 Å². The number of rotatable bonds is 6. The molecular weight excluding hydrogens is 455 g/mol. The van der Waals surface area contributed by atoms with E-state index < -0.39 is 28.5 Å². The molecule has 30 heavy (non-hydrogen) atoms. The summed E-state index contributed by atoms with van der Waals surface area (Å²) in [5.41, 5.74) is 0.410. The first kappa shape index (κ1) is 22.5. The van der Waals surface area contributed by atoms with Crippen LogP contribution < -0.4 is 5.32 Å². The van der Waals surface area contributed by atoms with Crippen LogP contribution in [0.25, 0.3) is 0 Å². The third kappa shape index (κ3) is 5.50. The third-order valence-electron chi connectivity index (χ3n) is 4.23. The highest BCUT2D eigenvalue weighted by atomic mass is 35.5. The molecule has 1 N–H and O–H groups in total. The van der Waals surface area contributed by atoms with Crippen LogP contribution >= 0.6 is 23.2 Å². The van der Waals surface area contributed by atoms with Gasteiger partial charge >= 0.3 is 5.97 Å². The largest absolute Gasteiger partial charge is 0.452 e. The van der Waals surface area contributed by atoms with Crippen molar-refractivity contribution in [3.63, 3.8) is 0 Å². The summed E-state index contributed by atoms with van der Waals surface area (Å²) >= 11 is 11.8. The average molecular weight is 473 g/mol. The van der Waals surface area contributed by atoms with Crippen LogP contribution in [0, 0.1) is 0 Å². The first-order valence-electron chi connectivity index (χ1n) is 8.87. The Bertz CT molecular complexity index is 1040. The number of nitrogens with one attached hydrogen (secondary N) is 1. The average Bonchev–Trinajstić information content (AvgIpc) is 2.75. The van der Waals surface area contributed by atoms with Gasteiger partial charge in [0.2, 0.25) is 10.0 Å². The van der Waals surface area contributed by atoms with E-state index in [1.54, 1.807) is 6.07 Å². The fourth-order valence-corrected chi connectivity index (χ4v) is 4.44. The molecule has 0 spiro atoms. The summed E-state index contributed by atoms with van der Waals surface area (Å²) in [7, 11) is -3.66. The zero-order valence-electron chi connectivity index (χ0n) is 15.6. The Hall–Kier alpha value is -2.17. The number of ether oxygens (including phenoxy) is 2. The minimum Gasteiger partial charge on any atom is -0.452 e. The number of benzene rings is 2. The smallest absolute Gasteiger partial charge is 0.338 e. The second-order valence-corrected chi connectivity index (χ2v) is 9.07. The molecule has 1 fully saturated rings. The molecule has 0 bridgehead atoms. The predicted octanol–water partition coefficient (Wildman–Crippen LogP) is 2.81. The van der Waals surface area contributed by atoms with Gasteiger partial charge in [0.15, 0.2) is 6.61 Å². The van der Waals surface area contributed by atoms with Gasteiger partial charge in [-0.25, -0.2) is 13.2 Å². The van der Waals surface area contributed by atoms with E-state index in [0.717, 1.165) is 0 Å². The Balaban J connectivity index is 1.58. The summed E-state index contributed by atoms with van der Waals surface area (Å²) in [5.74, 6) is -1.36. The third-order valence-corrected chi connectivity index (χ3v) is 6.71. The summed E-state index contributed by atoms with van der Waals surface area (Å²) in [4.78, 5) is 24.2. The van der Waals surface area contributed by atoms with Gasteiger partial charge in [0.1, 0.15) is 0 Å². The zero-order valence-corrected chi connectivity index (χ0v) is 18.0. The van der Waals surface area contributed by atoms with E-state index in [9.17, 15) is 18.0 Å². The summed E-state index contributed by atoms with van der Waals surface area (Å²) in [6, 6.07) is 9.89. The second kappa shape index (κ2) is 9.76. The molecule has 0 radical (unpaired) electrons. The molecule has 8 nitrogen and oxygen atoms in total. The van der Waals surface area contributed by atoms with Crippen molar-refractivity contribution in [3.8, 4) is 0 Å². The molecule has 1 aliphatic rings. The molecule has 2 aromatic carbocycles. The highest BCUT2D eigenvalue weighted by Crippen LogP contribution is 2.25. The van der Waals surface area contributed by atoms with Gasteiger partial charge in [-0.1, -0.05) is 23.2 Å². The fourth-order valence-electron chi connectivity index (χ4n) is 2.69. The summed E-state index contributed by atoms with van der Waals surface area (Å²) < 4.78 is 36.6. The van der Waals surface area contributed by atoms with Crippen molar-refractivity contribution in [2.75, 3.05) is 38.2 Å². The maximum Gasteiger partial charge on any atom is 0.338 e. The lowest BCUT2D eigenvalue weighted by molar-refractivity contribution is -0.119. The number of carbonyl (C=O) groups is 2. The second-order valence-electron chi connectivity index (χ2n) is 6.29. The Labute approximate surface area is 183 Å². The van der Waals surface area contributed by atoms with Crippen molar-refractivity contribution in [2.45, 2.75) is 4.90 Å². The number of amides is 1. The van der Waals surface area contributed by atoms with Gasteiger partial charge in [-0.3, -0.25) is 4.79 Å². The topological polar surface area (TPSA) is 102 Å². The number of anilines is 1. The standard InChI is InChI=1S/C19H18Cl2N2O6S/c20-14-3-6-16(21)17(11-14)22-18(24)12-29-19(25)13-1-4-15(5-2-13)30(26,27)23-7-9-28-10-8-23/h1-6,11H,7-10,12H2,(H,22,24). The molecule has 0 unspecified atom stereocenters. The van der Waals surface area contributed by atoms with Gasteiger partial charge in [-0.2, -0.15) is 4.31 Å². The quantitative estimate of drug-likeness (QED) is 0.648. The number of hydrogen-bond donors (Lipinski definition) is 1. The molecule has 1 aliphatic heterocycles. The van der Waals surface area contributed by atoms with Crippen LogP contribution in [0.2, 0.25) is 10.0 Å². The van der Waals surface area contributed by atoms with Gasteiger partial charge in [0.05, 0.1) is 34.4 Å². The maximum atomic E-state index is 12.6. The number of halogens is 2. The molecule has 0 aliphatic carbocycles. The van der Waals surface area contributed by atoms with Crippen molar-refractivity contribution in [1.82, 2.24) is 4.31 Å². The van der Waals surface area contributed by atoms with Crippen molar-refractivity contribution < 1.29 is 27.5 Å². The lowest BCUT2D eigenvalue weighted by Crippen LogP contribution is -2.40. The molecule has 1 amide bonds. The van der Waals surface area contributed by atoms with Crippen molar-refractivity contribution in [3.05, 3.63) is 58.1 Å². The fraction of sp³-hybridized carbons (Fsp3) is 0.263. The monoisotopic (exact) mass is 472 g/mol. The van der Waals surface area contributed by atoms with E-state index >= 15 is 0 Å². The molecule has 3 rings (SSSR count). The molecule has 11 heteroatoms. The lowest BCUT2D eigenvalue weighted by atomic mass is 10.2. The van der Waals surface area contributed by atoms with Gasteiger partial charge in [0, 0.05) is 18.1 Å². The molecule has 1 saturated heterocycles. The lowest BCUT2D eigenvalue weighted by Gasteiger charge is -2.26. The van der Waals surface area contributed by atoms with E-state index in [1.165, 1.54) is 40.7 Å². The van der Waals surface area contributed by atoms with E-state index in [0.29, 0.717) is 23.9 Å². The van der Waals surface area contributed by atoms with Crippen LogP contribution in [0.1, 0.15) is 10.4 Å². The normalized spacial score (nSPS) is 14.9. The SMILES string of the molecule is O=C(COC(=O)c1ccc(S(=O)(=O)N2CCOCC2)cc1)Nc1cc(Cl)ccc1Cl. The molecule has 0 aromatic heterocycles. The van der Waals surface area contributed by atoms with Crippen molar-refractivity contribution in [2.24, 2.45) is 0 Å². The van der Waals surface area contributed by atoms with Crippen LogP contribution in [0.3, 0.4) is 0 Å². The van der Waals surface area contributed by atoms with Gasteiger partial charge in [-0.05, 0) is 42.5 Å². The Morgan fingerprint density at radius 2 is 1.73 bits per heavy atom. The summed E-state index contributed by atoms with van der Waals surface area (Å²) in [6.07, 6.45) is 0. The van der Waals surface area contributed by atoms with E-state index in [4.69, 9.17) is 32.7 Å².